The average Bonchev–Trinajstić information content (AvgIpc) is 2.53. The second kappa shape index (κ2) is 7.37. The van der Waals surface area contributed by atoms with Crippen LogP contribution in [0.15, 0.2) is 54.6 Å². The van der Waals surface area contributed by atoms with Crippen LogP contribution in [0.3, 0.4) is 0 Å². The third-order valence-electron chi connectivity index (χ3n) is 3.32. The molecule has 2 rings (SSSR count). The zero-order valence-corrected chi connectivity index (χ0v) is 12.1. The molecule has 0 unspecified atom stereocenters. The van der Waals surface area contributed by atoms with Gasteiger partial charge in [0.2, 0.25) is 0 Å². The summed E-state index contributed by atoms with van der Waals surface area (Å²) in [4.78, 5) is 14.1. The molecule has 0 amide bonds. The minimum atomic E-state index is 0.160. The Morgan fingerprint density at radius 1 is 1.14 bits per heavy atom. The van der Waals surface area contributed by atoms with Gasteiger partial charge in [0, 0.05) is 25.1 Å². The highest BCUT2D eigenvalue weighted by molar-refractivity contribution is 5.96. The Kier molecular flexibility index (Phi) is 5.25. The first-order valence-corrected chi connectivity index (χ1v) is 6.95. The van der Waals surface area contributed by atoms with Gasteiger partial charge in [0.1, 0.15) is 0 Å². The van der Waals surface area contributed by atoms with Crippen molar-refractivity contribution in [2.45, 2.75) is 13.0 Å². The molecule has 0 aromatic heterocycles. The summed E-state index contributed by atoms with van der Waals surface area (Å²) in [7, 11) is 1.98. The van der Waals surface area contributed by atoms with Gasteiger partial charge in [-0.15, -0.1) is 0 Å². The van der Waals surface area contributed by atoms with E-state index in [9.17, 15) is 4.79 Å². The van der Waals surface area contributed by atoms with E-state index in [4.69, 9.17) is 5.26 Å². The van der Waals surface area contributed by atoms with Gasteiger partial charge in [-0.25, -0.2) is 0 Å². The summed E-state index contributed by atoms with van der Waals surface area (Å²) in [6, 6.07) is 19.1. The Hall–Kier alpha value is -2.44. The molecule has 21 heavy (non-hydrogen) atoms. The number of nitrogens with zero attached hydrogens (tertiary/aromatic N) is 2. The molecule has 0 spiro atoms. The normalized spacial score (nSPS) is 10.3. The number of Topliss-reactive ketones (excluding diaryl/α,β-unsaturated/α-hetero) is 1. The molecule has 2 aromatic rings. The van der Waals surface area contributed by atoms with Crippen LogP contribution in [0, 0.1) is 11.3 Å². The van der Waals surface area contributed by atoms with E-state index in [1.54, 1.807) is 6.07 Å². The fourth-order valence-electron chi connectivity index (χ4n) is 2.19. The number of hydrogen-bond acceptors (Lipinski definition) is 3. The zero-order valence-electron chi connectivity index (χ0n) is 12.1. The van der Waals surface area contributed by atoms with E-state index < -0.39 is 0 Å². The number of carbonyl (C=O) groups is 1. The molecule has 0 bridgehead atoms. The topological polar surface area (TPSA) is 44.1 Å². The summed E-state index contributed by atoms with van der Waals surface area (Å²) in [6.07, 6.45) is 0.498. The van der Waals surface area contributed by atoms with Crippen LogP contribution in [-0.2, 0) is 6.54 Å². The largest absolute Gasteiger partial charge is 0.302 e. The molecule has 3 nitrogen and oxygen atoms in total. The second-order valence-electron chi connectivity index (χ2n) is 5.09. The van der Waals surface area contributed by atoms with Crippen molar-refractivity contribution >= 4 is 5.78 Å². The van der Waals surface area contributed by atoms with Crippen molar-refractivity contribution in [2.24, 2.45) is 0 Å². The highest BCUT2D eigenvalue weighted by atomic mass is 16.1. The van der Waals surface area contributed by atoms with Crippen molar-refractivity contribution in [2.75, 3.05) is 13.6 Å². The molecule has 0 radical (unpaired) electrons. The third-order valence-corrected chi connectivity index (χ3v) is 3.32. The molecule has 0 heterocycles. The highest BCUT2D eigenvalue weighted by Crippen LogP contribution is 2.08. The van der Waals surface area contributed by atoms with Gasteiger partial charge in [0.15, 0.2) is 5.78 Å². The molecule has 0 aliphatic heterocycles. The summed E-state index contributed by atoms with van der Waals surface area (Å²) in [6.45, 7) is 1.43. The molecular formula is C18H18N2O. The number of nitriles is 1. The summed E-state index contributed by atoms with van der Waals surface area (Å²) in [5.41, 5.74) is 2.52. The molecule has 106 valence electrons. The second-order valence-corrected chi connectivity index (χ2v) is 5.09. The Morgan fingerprint density at radius 2 is 1.90 bits per heavy atom. The summed E-state index contributed by atoms with van der Waals surface area (Å²) in [5.74, 6) is 0.160. The van der Waals surface area contributed by atoms with Crippen molar-refractivity contribution in [1.29, 1.82) is 5.26 Å². The quantitative estimate of drug-likeness (QED) is 0.762. The molecule has 0 atom stereocenters. The van der Waals surface area contributed by atoms with E-state index in [0.717, 1.165) is 17.7 Å². The smallest absolute Gasteiger partial charge is 0.164 e. The average molecular weight is 278 g/mol. The molecule has 0 aliphatic rings. The first-order chi connectivity index (χ1) is 10.2. The van der Waals surface area contributed by atoms with Crippen molar-refractivity contribution in [3.8, 4) is 6.07 Å². The lowest BCUT2D eigenvalue weighted by molar-refractivity contribution is 0.0968. The third kappa shape index (κ3) is 4.55. The monoisotopic (exact) mass is 278 g/mol. The fraction of sp³-hybridized carbons (Fsp3) is 0.222. The van der Waals surface area contributed by atoms with Gasteiger partial charge in [-0.2, -0.15) is 5.26 Å². The van der Waals surface area contributed by atoms with Crippen LogP contribution in [0.4, 0.5) is 0 Å². The maximum Gasteiger partial charge on any atom is 0.164 e. The predicted octanol–water partition coefficient (Wildman–Crippen LogP) is 3.26. The number of carbonyl (C=O) groups excluding carboxylic acids is 1. The molecule has 2 aromatic carbocycles. The van der Waals surface area contributed by atoms with Crippen molar-refractivity contribution < 1.29 is 4.79 Å². The molecule has 3 heteroatoms. The van der Waals surface area contributed by atoms with Crippen molar-refractivity contribution in [3.05, 3.63) is 71.3 Å². The Balaban J connectivity index is 1.86. The number of hydrogen-bond donors (Lipinski definition) is 0. The Labute approximate surface area is 125 Å². The number of ketones is 1. The van der Waals surface area contributed by atoms with Crippen molar-refractivity contribution in [3.63, 3.8) is 0 Å². The minimum absolute atomic E-state index is 0.160. The SMILES string of the molecule is CN(CCC(=O)c1ccccc1)Cc1cccc(C#N)c1. The first kappa shape index (κ1) is 15.0. The fourth-order valence-corrected chi connectivity index (χ4v) is 2.19. The van der Waals surface area contributed by atoms with Gasteiger partial charge in [-0.1, -0.05) is 42.5 Å². The molecule has 0 fully saturated rings. The van der Waals surface area contributed by atoms with Crippen LogP contribution in [0.2, 0.25) is 0 Å². The Bertz CT molecular complexity index is 644. The van der Waals surface area contributed by atoms with E-state index >= 15 is 0 Å². The molecule has 0 saturated heterocycles. The Morgan fingerprint density at radius 3 is 2.62 bits per heavy atom. The lowest BCUT2D eigenvalue weighted by Crippen LogP contribution is -2.21. The standard InChI is InChI=1S/C18H18N2O/c1-20(14-16-7-5-6-15(12-16)13-19)11-10-18(21)17-8-3-2-4-9-17/h2-9,12H,10-11,14H2,1H3. The lowest BCUT2D eigenvalue weighted by atomic mass is 10.1. The van der Waals surface area contributed by atoms with E-state index in [1.165, 1.54) is 0 Å². The van der Waals surface area contributed by atoms with E-state index in [1.807, 2.05) is 55.6 Å². The predicted molar refractivity (Wildman–Crippen MR) is 82.9 cm³/mol. The van der Waals surface area contributed by atoms with E-state index in [0.29, 0.717) is 18.5 Å². The summed E-state index contributed by atoms with van der Waals surface area (Å²) in [5, 5.41) is 8.89. The summed E-state index contributed by atoms with van der Waals surface area (Å²) < 4.78 is 0. The maximum absolute atomic E-state index is 12.0. The summed E-state index contributed by atoms with van der Waals surface area (Å²) >= 11 is 0. The van der Waals surface area contributed by atoms with Gasteiger partial charge >= 0.3 is 0 Å². The molecule has 0 aliphatic carbocycles. The van der Waals surface area contributed by atoms with Gasteiger partial charge in [0.05, 0.1) is 11.6 Å². The first-order valence-electron chi connectivity index (χ1n) is 6.95. The molecule has 0 saturated carbocycles. The maximum atomic E-state index is 12.0. The van der Waals surface area contributed by atoms with Crippen LogP contribution < -0.4 is 0 Å². The molecular weight excluding hydrogens is 260 g/mol. The van der Waals surface area contributed by atoms with E-state index in [2.05, 4.69) is 11.0 Å². The van der Waals surface area contributed by atoms with Crippen LogP contribution in [0.5, 0.6) is 0 Å². The molecule has 0 N–H and O–H groups in total. The van der Waals surface area contributed by atoms with Gasteiger partial charge in [-0.3, -0.25) is 4.79 Å². The lowest BCUT2D eigenvalue weighted by Gasteiger charge is -2.16. The minimum Gasteiger partial charge on any atom is -0.302 e. The zero-order chi connectivity index (χ0) is 15.1. The number of rotatable bonds is 6. The number of benzene rings is 2. The van der Waals surface area contributed by atoms with Crippen LogP contribution in [-0.4, -0.2) is 24.3 Å². The van der Waals surface area contributed by atoms with Crippen molar-refractivity contribution in [1.82, 2.24) is 4.90 Å². The van der Waals surface area contributed by atoms with Crippen LogP contribution >= 0.6 is 0 Å². The van der Waals surface area contributed by atoms with Gasteiger partial charge in [0.25, 0.3) is 0 Å². The highest BCUT2D eigenvalue weighted by Gasteiger charge is 2.07. The van der Waals surface area contributed by atoms with E-state index in [-0.39, 0.29) is 5.78 Å². The van der Waals surface area contributed by atoms with Crippen LogP contribution in [0.25, 0.3) is 0 Å². The van der Waals surface area contributed by atoms with Crippen LogP contribution in [0.1, 0.15) is 27.9 Å². The van der Waals surface area contributed by atoms with Gasteiger partial charge in [-0.05, 0) is 24.7 Å². The van der Waals surface area contributed by atoms with Gasteiger partial charge < -0.3 is 4.90 Å².